The molecule has 0 aliphatic rings. The van der Waals surface area contributed by atoms with Crippen LogP contribution in [0, 0.1) is 5.92 Å². The molecule has 0 saturated heterocycles. The minimum atomic E-state index is -4.34. The Labute approximate surface area is 91.0 Å². The fourth-order valence-electron chi connectivity index (χ4n) is 0.671. The van der Waals surface area contributed by atoms with Gasteiger partial charge in [-0.2, -0.15) is 24.9 Å². The summed E-state index contributed by atoms with van der Waals surface area (Å²) in [7, 11) is 0. The Bertz CT molecular complexity index is 199. The molecule has 3 N–H and O–H groups in total. The van der Waals surface area contributed by atoms with Crippen molar-refractivity contribution in [3.8, 4) is 0 Å². The average Bonchev–Trinajstić information content (AvgIpc) is 2.13. The second kappa shape index (κ2) is 6.95. The number of nitrogens with one attached hydrogen (secondary N) is 1. The van der Waals surface area contributed by atoms with E-state index < -0.39 is 18.6 Å². The standard InChI is InChI=1S/C8H15F3N2OS/c1-6(2-12)3-15-4-7(14)13-5-8(9,10)11/h6H,2-5,12H2,1H3,(H,13,14). The van der Waals surface area contributed by atoms with Crippen molar-refractivity contribution < 1.29 is 18.0 Å². The molecule has 3 nitrogen and oxygen atoms in total. The van der Waals surface area contributed by atoms with Crippen LogP contribution in [-0.4, -0.2) is 36.7 Å². The molecule has 0 heterocycles. The van der Waals surface area contributed by atoms with Crippen LogP contribution >= 0.6 is 11.8 Å². The molecule has 0 aliphatic carbocycles. The SMILES string of the molecule is CC(CN)CSCC(=O)NCC(F)(F)F. The summed E-state index contributed by atoms with van der Waals surface area (Å²) in [6.45, 7) is 1.16. The van der Waals surface area contributed by atoms with Gasteiger partial charge >= 0.3 is 6.18 Å². The minimum absolute atomic E-state index is 0.0421. The summed E-state index contributed by atoms with van der Waals surface area (Å²) < 4.78 is 35.0. The first kappa shape index (κ1) is 14.6. The third-order valence-electron chi connectivity index (χ3n) is 1.52. The summed E-state index contributed by atoms with van der Waals surface area (Å²) in [6, 6.07) is 0. The molecule has 0 aromatic heterocycles. The second-order valence-electron chi connectivity index (χ2n) is 3.25. The summed E-state index contributed by atoms with van der Waals surface area (Å²) >= 11 is 1.29. The van der Waals surface area contributed by atoms with E-state index in [4.69, 9.17) is 5.73 Å². The van der Waals surface area contributed by atoms with E-state index in [-0.39, 0.29) is 11.7 Å². The third-order valence-corrected chi connectivity index (χ3v) is 2.79. The van der Waals surface area contributed by atoms with Gasteiger partial charge in [0.2, 0.25) is 5.91 Å². The maximum Gasteiger partial charge on any atom is 0.405 e. The number of carbonyl (C=O) groups is 1. The van der Waals surface area contributed by atoms with Crippen LogP contribution in [-0.2, 0) is 4.79 Å². The van der Waals surface area contributed by atoms with E-state index in [1.54, 1.807) is 5.32 Å². The van der Waals surface area contributed by atoms with Crippen molar-refractivity contribution in [3.05, 3.63) is 0 Å². The Kier molecular flexibility index (Phi) is 6.75. The highest BCUT2D eigenvalue weighted by molar-refractivity contribution is 7.99. The second-order valence-corrected chi connectivity index (χ2v) is 4.28. The highest BCUT2D eigenvalue weighted by Gasteiger charge is 2.27. The first-order valence-corrected chi connectivity index (χ1v) is 5.62. The van der Waals surface area contributed by atoms with E-state index in [0.717, 1.165) is 0 Å². The van der Waals surface area contributed by atoms with Crippen LogP contribution in [0.3, 0.4) is 0 Å². The van der Waals surface area contributed by atoms with E-state index in [1.165, 1.54) is 11.8 Å². The Hall–Kier alpha value is -0.430. The van der Waals surface area contributed by atoms with Gasteiger partial charge in [-0.25, -0.2) is 0 Å². The molecule has 1 atom stereocenters. The molecule has 15 heavy (non-hydrogen) atoms. The van der Waals surface area contributed by atoms with Gasteiger partial charge in [0.05, 0.1) is 5.75 Å². The maximum atomic E-state index is 11.7. The first-order chi connectivity index (χ1) is 6.85. The summed E-state index contributed by atoms with van der Waals surface area (Å²) in [4.78, 5) is 10.9. The number of alkyl halides is 3. The van der Waals surface area contributed by atoms with E-state index in [9.17, 15) is 18.0 Å². The van der Waals surface area contributed by atoms with Gasteiger partial charge < -0.3 is 11.1 Å². The van der Waals surface area contributed by atoms with E-state index >= 15 is 0 Å². The quantitative estimate of drug-likeness (QED) is 0.732. The van der Waals surface area contributed by atoms with Gasteiger partial charge in [-0.1, -0.05) is 6.92 Å². The predicted molar refractivity (Wildman–Crippen MR) is 54.6 cm³/mol. The number of nitrogens with two attached hydrogens (primary N) is 1. The molecule has 0 spiro atoms. The molecule has 0 radical (unpaired) electrons. The van der Waals surface area contributed by atoms with Crippen LogP contribution in [0.5, 0.6) is 0 Å². The van der Waals surface area contributed by atoms with Crippen LogP contribution in [0.2, 0.25) is 0 Å². The number of hydrogen-bond acceptors (Lipinski definition) is 3. The van der Waals surface area contributed by atoms with Gasteiger partial charge in [0.1, 0.15) is 6.54 Å². The zero-order valence-electron chi connectivity index (χ0n) is 8.43. The van der Waals surface area contributed by atoms with Gasteiger partial charge in [0.15, 0.2) is 0 Å². The van der Waals surface area contributed by atoms with Gasteiger partial charge in [0, 0.05) is 0 Å². The zero-order valence-corrected chi connectivity index (χ0v) is 9.25. The van der Waals surface area contributed by atoms with Crippen molar-refractivity contribution in [3.63, 3.8) is 0 Å². The molecule has 0 fully saturated rings. The van der Waals surface area contributed by atoms with Crippen molar-refractivity contribution in [1.29, 1.82) is 0 Å². The Morgan fingerprint density at radius 1 is 1.53 bits per heavy atom. The van der Waals surface area contributed by atoms with Crippen molar-refractivity contribution >= 4 is 17.7 Å². The lowest BCUT2D eigenvalue weighted by atomic mass is 10.2. The molecule has 0 aromatic rings. The predicted octanol–water partition coefficient (Wildman–Crippen LogP) is 0.993. The summed E-state index contributed by atoms with van der Waals surface area (Å²) in [5.74, 6) is 0.392. The zero-order chi connectivity index (χ0) is 11.9. The number of amides is 1. The lowest BCUT2D eigenvalue weighted by Gasteiger charge is -2.09. The molecule has 0 aromatic carbocycles. The lowest BCUT2D eigenvalue weighted by molar-refractivity contribution is -0.136. The van der Waals surface area contributed by atoms with E-state index in [0.29, 0.717) is 12.3 Å². The Balaban J connectivity index is 3.50. The van der Waals surface area contributed by atoms with Crippen LogP contribution in [0.25, 0.3) is 0 Å². The smallest absolute Gasteiger partial charge is 0.346 e. The van der Waals surface area contributed by atoms with Crippen molar-refractivity contribution in [2.45, 2.75) is 13.1 Å². The number of halogens is 3. The molecular formula is C8H15F3N2OS. The summed E-state index contributed by atoms with van der Waals surface area (Å²) in [5, 5.41) is 1.80. The number of rotatable bonds is 6. The molecule has 0 saturated carbocycles. The summed E-state index contributed by atoms with van der Waals surface area (Å²) in [5.41, 5.74) is 5.34. The maximum absolute atomic E-state index is 11.7. The highest BCUT2D eigenvalue weighted by Crippen LogP contribution is 2.12. The molecule has 0 aliphatic heterocycles. The van der Waals surface area contributed by atoms with Crippen LogP contribution in [0.15, 0.2) is 0 Å². The molecular weight excluding hydrogens is 229 g/mol. The Morgan fingerprint density at radius 3 is 2.60 bits per heavy atom. The number of carbonyl (C=O) groups excluding carboxylic acids is 1. The molecule has 1 unspecified atom stereocenters. The van der Waals surface area contributed by atoms with Crippen molar-refractivity contribution in [1.82, 2.24) is 5.32 Å². The summed E-state index contributed by atoms with van der Waals surface area (Å²) in [6.07, 6.45) is -4.34. The fourth-order valence-corrected chi connectivity index (χ4v) is 1.61. The van der Waals surface area contributed by atoms with Gasteiger partial charge in [-0.05, 0) is 18.2 Å². The number of thioether (sulfide) groups is 1. The van der Waals surface area contributed by atoms with Crippen molar-refractivity contribution in [2.24, 2.45) is 11.7 Å². The first-order valence-electron chi connectivity index (χ1n) is 4.46. The van der Waals surface area contributed by atoms with Gasteiger partial charge in [0.25, 0.3) is 0 Å². The van der Waals surface area contributed by atoms with Gasteiger partial charge in [-0.3, -0.25) is 4.79 Å². The van der Waals surface area contributed by atoms with E-state index in [2.05, 4.69) is 0 Å². The molecule has 0 bridgehead atoms. The molecule has 90 valence electrons. The average molecular weight is 244 g/mol. The van der Waals surface area contributed by atoms with Gasteiger partial charge in [-0.15, -0.1) is 0 Å². The molecule has 0 rings (SSSR count). The Morgan fingerprint density at radius 2 is 2.13 bits per heavy atom. The monoisotopic (exact) mass is 244 g/mol. The highest BCUT2D eigenvalue weighted by atomic mass is 32.2. The lowest BCUT2D eigenvalue weighted by Crippen LogP contribution is -2.34. The minimum Gasteiger partial charge on any atom is -0.346 e. The van der Waals surface area contributed by atoms with Crippen LogP contribution in [0.1, 0.15) is 6.92 Å². The normalized spacial score (nSPS) is 13.7. The topological polar surface area (TPSA) is 55.1 Å². The van der Waals surface area contributed by atoms with Crippen LogP contribution < -0.4 is 11.1 Å². The molecule has 1 amide bonds. The fraction of sp³-hybridized carbons (Fsp3) is 0.875. The molecule has 7 heteroatoms. The van der Waals surface area contributed by atoms with Crippen LogP contribution in [0.4, 0.5) is 13.2 Å². The third kappa shape index (κ3) is 9.86. The number of hydrogen-bond donors (Lipinski definition) is 2. The van der Waals surface area contributed by atoms with Crippen molar-refractivity contribution in [2.75, 3.05) is 24.6 Å². The largest absolute Gasteiger partial charge is 0.405 e. The van der Waals surface area contributed by atoms with E-state index in [1.807, 2.05) is 6.92 Å².